The van der Waals surface area contributed by atoms with Crippen LogP contribution in [-0.2, 0) is 0 Å². The highest BCUT2D eigenvalue weighted by atomic mass is 15.1. The smallest absolute Gasteiger partial charge is 0.164 e. The van der Waals surface area contributed by atoms with Crippen LogP contribution in [0.25, 0.3) is 118 Å². The highest BCUT2D eigenvalue weighted by Gasteiger charge is 2.20. The van der Waals surface area contributed by atoms with Gasteiger partial charge in [-0.15, -0.1) is 0 Å². The second-order valence-corrected chi connectivity index (χ2v) is 16.6. The first-order valence-corrected chi connectivity index (χ1v) is 22.3. The zero-order valence-electron chi connectivity index (χ0n) is 36.0. The molecule has 0 spiro atoms. The Labute approximate surface area is 385 Å². The molecule has 0 unspecified atom stereocenters. The minimum Gasteiger partial charge on any atom is -0.309 e. The minimum absolute atomic E-state index is 0.545. The number of rotatable bonds is 8. The lowest BCUT2D eigenvalue weighted by molar-refractivity contribution is 1.07. The molecule has 4 heterocycles. The normalized spacial score (nSPS) is 11.6. The molecule has 0 amide bonds. The second kappa shape index (κ2) is 15.8. The van der Waals surface area contributed by atoms with Gasteiger partial charge in [0.15, 0.2) is 17.5 Å². The third-order valence-corrected chi connectivity index (χ3v) is 12.5. The molecule has 9 aromatic carbocycles. The summed E-state index contributed by atoms with van der Waals surface area (Å²) in [5.74, 6) is 3.37. The van der Waals surface area contributed by atoms with E-state index in [-0.39, 0.29) is 0 Å². The number of fused-ring (bicyclic) bond motifs is 5. The largest absolute Gasteiger partial charge is 0.309 e. The predicted molar refractivity (Wildman–Crippen MR) is 271 cm³/mol. The van der Waals surface area contributed by atoms with Crippen molar-refractivity contribution >= 4 is 43.9 Å². The van der Waals surface area contributed by atoms with Crippen LogP contribution in [0, 0.1) is 0 Å². The molecule has 0 saturated heterocycles. The van der Waals surface area contributed by atoms with Gasteiger partial charge in [0, 0.05) is 55.7 Å². The SMILES string of the molecule is c1ccc(-c2nc3cc(-c4nc(-c5ccc(-n6c7ccccc7c7ccccc76)cc5)nc(-c5ccc6c(c5)nc(-c5ccccc5)n6-c5ccccc5)n4)ccc3n2-c2ccccc2)cc1. The van der Waals surface area contributed by atoms with Crippen LogP contribution in [0.15, 0.2) is 231 Å². The Balaban J connectivity index is 0.982. The molecule has 0 aliphatic heterocycles. The van der Waals surface area contributed by atoms with E-state index in [4.69, 9.17) is 24.9 Å². The Bertz CT molecular complexity index is 3720. The molecule has 0 aliphatic rings. The summed E-state index contributed by atoms with van der Waals surface area (Å²) in [7, 11) is 0. The van der Waals surface area contributed by atoms with Crippen molar-refractivity contribution in [2.24, 2.45) is 0 Å². The summed E-state index contributed by atoms with van der Waals surface area (Å²) in [5, 5.41) is 2.44. The summed E-state index contributed by atoms with van der Waals surface area (Å²) in [6, 6.07) is 79.6. The van der Waals surface area contributed by atoms with Crippen molar-refractivity contribution in [2.75, 3.05) is 0 Å². The Morgan fingerprint density at radius 1 is 0.239 bits per heavy atom. The van der Waals surface area contributed by atoms with Gasteiger partial charge < -0.3 is 4.57 Å². The van der Waals surface area contributed by atoms with Crippen molar-refractivity contribution in [3.8, 4) is 74.0 Å². The summed E-state index contributed by atoms with van der Waals surface area (Å²) in [4.78, 5) is 26.2. The Morgan fingerprint density at radius 2 is 0.597 bits per heavy atom. The Hall–Kier alpha value is -9.27. The van der Waals surface area contributed by atoms with Crippen molar-refractivity contribution in [1.29, 1.82) is 0 Å². The van der Waals surface area contributed by atoms with Crippen LogP contribution >= 0.6 is 0 Å². The molecule has 0 radical (unpaired) electrons. The molecule has 8 nitrogen and oxygen atoms in total. The fraction of sp³-hybridized carbons (Fsp3) is 0. The van der Waals surface area contributed by atoms with Gasteiger partial charge in [-0.2, -0.15) is 0 Å². The summed E-state index contributed by atoms with van der Waals surface area (Å²) >= 11 is 0. The molecule has 314 valence electrons. The fourth-order valence-electron chi connectivity index (χ4n) is 9.40. The van der Waals surface area contributed by atoms with E-state index in [0.717, 1.165) is 89.6 Å². The van der Waals surface area contributed by atoms with Crippen LogP contribution in [0.2, 0.25) is 0 Å². The van der Waals surface area contributed by atoms with E-state index in [1.807, 2.05) is 48.5 Å². The van der Waals surface area contributed by atoms with Crippen molar-refractivity contribution < 1.29 is 0 Å². The van der Waals surface area contributed by atoms with E-state index in [1.54, 1.807) is 0 Å². The van der Waals surface area contributed by atoms with Crippen molar-refractivity contribution in [3.05, 3.63) is 231 Å². The highest BCUT2D eigenvalue weighted by Crippen LogP contribution is 2.36. The zero-order valence-corrected chi connectivity index (χ0v) is 36.0. The van der Waals surface area contributed by atoms with Crippen LogP contribution in [0.1, 0.15) is 0 Å². The Kier molecular flexibility index (Phi) is 8.99. The molecule has 8 heteroatoms. The molecule has 0 atom stereocenters. The number of imidazole rings is 2. The van der Waals surface area contributed by atoms with Gasteiger partial charge in [0.1, 0.15) is 11.6 Å². The molecule has 67 heavy (non-hydrogen) atoms. The van der Waals surface area contributed by atoms with Crippen molar-refractivity contribution in [3.63, 3.8) is 0 Å². The van der Waals surface area contributed by atoms with Gasteiger partial charge in [0.25, 0.3) is 0 Å². The van der Waals surface area contributed by atoms with Gasteiger partial charge in [-0.3, -0.25) is 9.13 Å². The molecule has 13 aromatic rings. The molecule has 0 fully saturated rings. The van der Waals surface area contributed by atoms with E-state index in [1.165, 1.54) is 10.8 Å². The van der Waals surface area contributed by atoms with Gasteiger partial charge in [-0.25, -0.2) is 24.9 Å². The first-order valence-electron chi connectivity index (χ1n) is 22.3. The van der Waals surface area contributed by atoms with Gasteiger partial charge in [-0.05, 0) is 97.1 Å². The van der Waals surface area contributed by atoms with Crippen molar-refractivity contribution in [2.45, 2.75) is 0 Å². The average molecular weight is 859 g/mol. The zero-order chi connectivity index (χ0) is 44.3. The van der Waals surface area contributed by atoms with Crippen LogP contribution < -0.4 is 0 Å². The third kappa shape index (κ3) is 6.58. The number of para-hydroxylation sites is 4. The number of hydrogen-bond donors (Lipinski definition) is 0. The van der Waals surface area contributed by atoms with E-state index in [9.17, 15) is 0 Å². The van der Waals surface area contributed by atoms with Gasteiger partial charge >= 0.3 is 0 Å². The second-order valence-electron chi connectivity index (χ2n) is 16.6. The standard InChI is InChI=1S/C59H38N8/c1-5-17-40(18-6-1)58-60-49-37-42(31-35-53(49)66(58)44-21-9-3-10-22-44)56-62-55(39-29-33-46(34-30-39)65-51-27-15-13-25-47(51)48-26-14-16-28-52(48)65)63-57(64-56)43-32-36-54-50(38-43)61-59(41-19-7-2-8-20-41)67(54)45-23-11-4-12-24-45/h1-38H. The van der Waals surface area contributed by atoms with Crippen molar-refractivity contribution in [1.82, 2.24) is 38.6 Å². The highest BCUT2D eigenvalue weighted by molar-refractivity contribution is 6.09. The maximum Gasteiger partial charge on any atom is 0.164 e. The molecule has 0 saturated carbocycles. The Morgan fingerprint density at radius 3 is 1.04 bits per heavy atom. The van der Waals surface area contributed by atoms with Gasteiger partial charge in [0.2, 0.25) is 0 Å². The molecule has 4 aromatic heterocycles. The number of hydrogen-bond acceptors (Lipinski definition) is 5. The van der Waals surface area contributed by atoms with Crippen LogP contribution in [0.4, 0.5) is 0 Å². The summed E-state index contributed by atoms with van der Waals surface area (Å²) in [6.45, 7) is 0. The van der Waals surface area contributed by atoms with E-state index >= 15 is 0 Å². The molecular weight excluding hydrogens is 821 g/mol. The molecule has 0 N–H and O–H groups in total. The van der Waals surface area contributed by atoms with Crippen LogP contribution in [0.3, 0.4) is 0 Å². The summed E-state index contributed by atoms with van der Waals surface area (Å²) in [5.41, 5.74) is 13.7. The van der Waals surface area contributed by atoms with E-state index < -0.39 is 0 Å². The summed E-state index contributed by atoms with van der Waals surface area (Å²) in [6.07, 6.45) is 0. The quantitative estimate of drug-likeness (QED) is 0.152. The van der Waals surface area contributed by atoms with Crippen LogP contribution in [0.5, 0.6) is 0 Å². The molecule has 13 rings (SSSR count). The maximum atomic E-state index is 5.26. The lowest BCUT2D eigenvalue weighted by Gasteiger charge is -2.11. The van der Waals surface area contributed by atoms with Crippen LogP contribution in [-0.4, -0.2) is 38.6 Å². The number of nitrogens with zero attached hydrogens (tertiary/aromatic N) is 8. The lowest BCUT2D eigenvalue weighted by Crippen LogP contribution is -2.01. The number of aromatic nitrogens is 8. The lowest BCUT2D eigenvalue weighted by atomic mass is 10.1. The van der Waals surface area contributed by atoms with Gasteiger partial charge in [0.05, 0.1) is 33.1 Å². The molecule has 0 bridgehead atoms. The first-order chi connectivity index (χ1) is 33.2. The molecule has 0 aliphatic carbocycles. The number of benzene rings is 9. The summed E-state index contributed by atoms with van der Waals surface area (Å²) < 4.78 is 6.75. The predicted octanol–water partition coefficient (Wildman–Crippen LogP) is 14.0. The average Bonchev–Trinajstić information content (AvgIpc) is 4.09. The fourth-order valence-corrected chi connectivity index (χ4v) is 9.40. The third-order valence-electron chi connectivity index (χ3n) is 12.5. The minimum atomic E-state index is 0.545. The molecular formula is C59H38N8. The topological polar surface area (TPSA) is 79.2 Å². The maximum absolute atomic E-state index is 5.26. The van der Waals surface area contributed by atoms with E-state index in [0.29, 0.717) is 17.5 Å². The first kappa shape index (κ1) is 38.2. The van der Waals surface area contributed by atoms with Gasteiger partial charge in [-0.1, -0.05) is 133 Å². The van der Waals surface area contributed by atoms with E-state index in [2.05, 4.69) is 196 Å². The monoisotopic (exact) mass is 858 g/mol.